The van der Waals surface area contributed by atoms with Gasteiger partial charge in [0.25, 0.3) is 0 Å². The van der Waals surface area contributed by atoms with E-state index in [0.29, 0.717) is 18.0 Å². The van der Waals surface area contributed by atoms with Crippen molar-refractivity contribution in [2.75, 3.05) is 25.6 Å². The van der Waals surface area contributed by atoms with Crippen LogP contribution < -0.4 is 10.0 Å². The molecule has 0 atom stereocenters. The first-order valence-corrected chi connectivity index (χ1v) is 10.2. The van der Waals surface area contributed by atoms with E-state index in [4.69, 9.17) is 0 Å². The van der Waals surface area contributed by atoms with Gasteiger partial charge in [0, 0.05) is 13.1 Å². The van der Waals surface area contributed by atoms with Gasteiger partial charge in [-0.05, 0) is 43.5 Å². The number of hydrogen-bond donors (Lipinski definition) is 2. The highest BCUT2D eigenvalue weighted by Gasteiger charge is 2.16. The summed E-state index contributed by atoms with van der Waals surface area (Å²) in [5.74, 6) is 1.18. The van der Waals surface area contributed by atoms with E-state index < -0.39 is 10.0 Å². The van der Waals surface area contributed by atoms with E-state index in [1.54, 1.807) is 12.1 Å². The van der Waals surface area contributed by atoms with E-state index in [2.05, 4.69) is 16.3 Å². The monoisotopic (exact) mass is 330 g/mol. The first-order chi connectivity index (χ1) is 10.1. The largest absolute Gasteiger partial charge is 0.316 e. The lowest BCUT2D eigenvalue weighted by molar-refractivity contribution is 0.572. The van der Waals surface area contributed by atoms with Crippen LogP contribution in [0.2, 0.25) is 0 Å². The average molecular weight is 331 g/mol. The maximum atomic E-state index is 12.3. The molecule has 4 nitrogen and oxygen atoms in total. The highest BCUT2D eigenvalue weighted by Crippen LogP contribution is 2.15. The van der Waals surface area contributed by atoms with E-state index in [-0.39, 0.29) is 0 Å². The molecule has 0 fully saturated rings. The summed E-state index contributed by atoms with van der Waals surface area (Å²) >= 11 is 1.86. The zero-order valence-corrected chi connectivity index (χ0v) is 14.5. The summed E-state index contributed by atoms with van der Waals surface area (Å²) < 4.78 is 27.3. The van der Waals surface area contributed by atoms with Gasteiger partial charge in [0.15, 0.2) is 0 Å². The Morgan fingerprint density at radius 3 is 2.52 bits per heavy atom. The van der Waals surface area contributed by atoms with Gasteiger partial charge in [-0.1, -0.05) is 31.0 Å². The van der Waals surface area contributed by atoms with Gasteiger partial charge in [-0.25, -0.2) is 13.1 Å². The topological polar surface area (TPSA) is 58.2 Å². The molecule has 0 unspecified atom stereocenters. The lowest BCUT2D eigenvalue weighted by Crippen LogP contribution is -2.26. The number of benzene rings is 1. The Hall–Kier alpha value is -0.560. The zero-order chi connectivity index (χ0) is 15.6. The minimum atomic E-state index is -3.40. The fraction of sp³-hybridized carbons (Fsp3) is 0.600. The summed E-state index contributed by atoms with van der Waals surface area (Å²) in [5.41, 5.74) is 0.799. The van der Waals surface area contributed by atoms with Gasteiger partial charge in [0.1, 0.15) is 0 Å². The van der Waals surface area contributed by atoms with Crippen molar-refractivity contribution in [2.45, 2.75) is 37.1 Å². The molecular weight excluding hydrogens is 304 g/mol. The molecule has 6 heteroatoms. The standard InChI is InChI=1S/C15H26N2O2S2/c1-16-13-14-9-5-6-10-15(14)21(18,19)17-11-7-3-4-8-12-20-2/h5-6,9-10,16-17H,3-4,7-8,11-13H2,1-2H3. The SMILES string of the molecule is CNCc1ccccc1S(=O)(=O)NCCCCCCSC. The van der Waals surface area contributed by atoms with Crippen LogP contribution in [0.15, 0.2) is 29.2 Å². The van der Waals surface area contributed by atoms with Gasteiger partial charge in [-0.2, -0.15) is 11.8 Å². The second-order valence-electron chi connectivity index (χ2n) is 4.94. The minimum Gasteiger partial charge on any atom is -0.316 e. The Bertz CT molecular complexity index is 504. The number of unbranched alkanes of at least 4 members (excludes halogenated alkanes) is 3. The molecule has 2 N–H and O–H groups in total. The predicted octanol–water partition coefficient (Wildman–Crippen LogP) is 2.61. The molecule has 0 amide bonds. The normalized spacial score (nSPS) is 11.7. The summed E-state index contributed by atoms with van der Waals surface area (Å²) in [5, 5.41) is 3.00. The van der Waals surface area contributed by atoms with Crippen LogP contribution in [0.25, 0.3) is 0 Å². The van der Waals surface area contributed by atoms with Crippen molar-refractivity contribution < 1.29 is 8.42 Å². The van der Waals surface area contributed by atoms with Crippen molar-refractivity contribution in [2.24, 2.45) is 0 Å². The lowest BCUT2D eigenvalue weighted by Gasteiger charge is -2.11. The number of hydrogen-bond acceptors (Lipinski definition) is 4. The Morgan fingerprint density at radius 1 is 1.10 bits per heavy atom. The molecule has 0 bridgehead atoms. The molecule has 1 rings (SSSR count). The molecule has 1 aromatic rings. The number of nitrogens with one attached hydrogen (secondary N) is 2. The molecule has 0 radical (unpaired) electrons. The maximum Gasteiger partial charge on any atom is 0.240 e. The van der Waals surface area contributed by atoms with Gasteiger partial charge < -0.3 is 5.32 Å². The Morgan fingerprint density at radius 2 is 1.81 bits per heavy atom. The summed E-state index contributed by atoms with van der Waals surface area (Å²) in [6, 6.07) is 7.12. The third kappa shape index (κ3) is 6.82. The number of thioether (sulfide) groups is 1. The van der Waals surface area contributed by atoms with Gasteiger partial charge in [-0.3, -0.25) is 0 Å². The van der Waals surface area contributed by atoms with Crippen molar-refractivity contribution >= 4 is 21.8 Å². The van der Waals surface area contributed by atoms with Crippen LogP contribution in [0.4, 0.5) is 0 Å². The average Bonchev–Trinajstić information content (AvgIpc) is 2.47. The van der Waals surface area contributed by atoms with Crippen molar-refractivity contribution in [3.8, 4) is 0 Å². The molecule has 0 aliphatic carbocycles. The van der Waals surface area contributed by atoms with Crippen LogP contribution in [0.3, 0.4) is 0 Å². The van der Waals surface area contributed by atoms with E-state index in [0.717, 1.165) is 18.4 Å². The van der Waals surface area contributed by atoms with Crippen molar-refractivity contribution in [3.63, 3.8) is 0 Å². The molecule has 0 saturated carbocycles. The third-order valence-electron chi connectivity index (χ3n) is 3.20. The first-order valence-electron chi connectivity index (χ1n) is 7.33. The molecular formula is C15H26N2O2S2. The van der Waals surface area contributed by atoms with E-state index in [1.165, 1.54) is 18.6 Å². The summed E-state index contributed by atoms with van der Waals surface area (Å²) in [4.78, 5) is 0.377. The van der Waals surface area contributed by atoms with Crippen LogP contribution in [-0.2, 0) is 16.6 Å². The molecule has 0 spiro atoms. The lowest BCUT2D eigenvalue weighted by atomic mass is 10.2. The Labute approximate surface area is 133 Å². The summed E-state index contributed by atoms with van der Waals surface area (Å²) in [7, 11) is -1.59. The van der Waals surface area contributed by atoms with E-state index in [9.17, 15) is 8.42 Å². The molecule has 0 saturated heterocycles. The van der Waals surface area contributed by atoms with Crippen molar-refractivity contribution in [1.29, 1.82) is 0 Å². The van der Waals surface area contributed by atoms with Gasteiger partial charge >= 0.3 is 0 Å². The van der Waals surface area contributed by atoms with Crippen LogP contribution in [0.1, 0.15) is 31.2 Å². The number of rotatable bonds is 11. The number of sulfonamides is 1. The molecule has 0 heterocycles. The van der Waals surface area contributed by atoms with Gasteiger partial charge in [-0.15, -0.1) is 0 Å². The quantitative estimate of drug-likeness (QED) is 0.612. The molecule has 0 aliphatic rings. The smallest absolute Gasteiger partial charge is 0.240 e. The third-order valence-corrected chi connectivity index (χ3v) is 5.46. The Balaban J connectivity index is 2.46. The predicted molar refractivity (Wildman–Crippen MR) is 91.2 cm³/mol. The summed E-state index contributed by atoms with van der Waals surface area (Å²) in [6.07, 6.45) is 6.44. The van der Waals surface area contributed by atoms with Crippen molar-refractivity contribution in [3.05, 3.63) is 29.8 Å². The van der Waals surface area contributed by atoms with Gasteiger partial charge in [0.2, 0.25) is 10.0 Å². The Kier molecular flexibility index (Phi) is 8.99. The first kappa shape index (κ1) is 18.5. The van der Waals surface area contributed by atoms with E-state index in [1.807, 2.05) is 30.9 Å². The molecule has 0 aliphatic heterocycles. The van der Waals surface area contributed by atoms with Crippen molar-refractivity contribution in [1.82, 2.24) is 10.0 Å². The zero-order valence-electron chi connectivity index (χ0n) is 12.9. The van der Waals surface area contributed by atoms with Gasteiger partial charge in [0.05, 0.1) is 4.90 Å². The van der Waals surface area contributed by atoms with Crippen LogP contribution >= 0.6 is 11.8 Å². The fourth-order valence-electron chi connectivity index (χ4n) is 2.11. The molecule has 1 aromatic carbocycles. The highest BCUT2D eigenvalue weighted by molar-refractivity contribution is 7.98. The molecule has 0 aromatic heterocycles. The second kappa shape index (κ2) is 10.2. The summed E-state index contributed by atoms with van der Waals surface area (Å²) in [6.45, 7) is 1.06. The van der Waals surface area contributed by atoms with Crippen LogP contribution in [0, 0.1) is 0 Å². The highest BCUT2D eigenvalue weighted by atomic mass is 32.2. The maximum absolute atomic E-state index is 12.3. The second-order valence-corrected chi connectivity index (χ2v) is 7.66. The van der Waals surface area contributed by atoms with E-state index >= 15 is 0 Å². The fourth-order valence-corrected chi connectivity index (χ4v) is 3.92. The minimum absolute atomic E-state index is 0.377. The molecule has 120 valence electrons. The van der Waals surface area contributed by atoms with Crippen LogP contribution in [-0.4, -0.2) is 34.0 Å². The molecule has 21 heavy (non-hydrogen) atoms. The van der Waals surface area contributed by atoms with Crippen LogP contribution in [0.5, 0.6) is 0 Å².